The third-order valence-electron chi connectivity index (χ3n) is 4.70. The molecule has 0 aliphatic rings. The highest BCUT2D eigenvalue weighted by Gasteiger charge is 2.17. The largest absolute Gasteiger partial charge is 0.481 e. The summed E-state index contributed by atoms with van der Waals surface area (Å²) in [6.07, 6.45) is -0.756. The SMILES string of the molecule is Cc1nc(CSc2ccc(C(=O)NNC(=O)C(C)Oc3cccc(C)c3C)cc2)cs1. The summed E-state index contributed by atoms with van der Waals surface area (Å²) in [4.78, 5) is 30.1. The number of rotatable bonds is 7. The summed E-state index contributed by atoms with van der Waals surface area (Å²) >= 11 is 3.29. The van der Waals surface area contributed by atoms with E-state index in [-0.39, 0.29) is 5.91 Å². The number of thioether (sulfide) groups is 1. The van der Waals surface area contributed by atoms with Crippen LogP contribution in [-0.2, 0) is 10.5 Å². The first-order valence-electron chi connectivity index (χ1n) is 9.80. The number of nitrogens with one attached hydrogen (secondary N) is 2. The number of hydrogen-bond acceptors (Lipinski definition) is 6. The molecule has 2 aromatic carbocycles. The van der Waals surface area contributed by atoms with Crippen LogP contribution in [0.15, 0.2) is 52.7 Å². The van der Waals surface area contributed by atoms with Crippen molar-refractivity contribution in [2.24, 2.45) is 0 Å². The second kappa shape index (κ2) is 10.5. The fraction of sp³-hybridized carbons (Fsp3) is 0.261. The van der Waals surface area contributed by atoms with Gasteiger partial charge in [0.1, 0.15) is 5.75 Å². The number of hydrogen-bond donors (Lipinski definition) is 2. The molecule has 1 atom stereocenters. The fourth-order valence-corrected chi connectivity index (χ4v) is 4.23. The number of carbonyl (C=O) groups is 2. The Morgan fingerprint density at radius 1 is 1.10 bits per heavy atom. The zero-order valence-electron chi connectivity index (χ0n) is 17.9. The zero-order valence-corrected chi connectivity index (χ0v) is 19.5. The first-order chi connectivity index (χ1) is 14.8. The van der Waals surface area contributed by atoms with Crippen LogP contribution in [0, 0.1) is 20.8 Å². The van der Waals surface area contributed by atoms with Gasteiger partial charge in [-0.15, -0.1) is 23.1 Å². The Morgan fingerprint density at radius 3 is 2.52 bits per heavy atom. The van der Waals surface area contributed by atoms with Crippen LogP contribution in [0.25, 0.3) is 0 Å². The lowest BCUT2D eigenvalue weighted by atomic mass is 10.1. The van der Waals surface area contributed by atoms with Gasteiger partial charge in [0.2, 0.25) is 0 Å². The maximum atomic E-state index is 12.3. The molecule has 2 N–H and O–H groups in total. The molecule has 1 heterocycles. The Balaban J connectivity index is 1.48. The Kier molecular flexibility index (Phi) is 7.70. The standard InChI is InChI=1S/C23H25N3O3S2/c1-14-6-5-7-21(15(14)2)29-16(3)22(27)25-26-23(28)18-8-10-20(11-9-18)31-13-19-12-30-17(4)24-19/h5-12,16H,13H2,1-4H3,(H,25,27)(H,26,28). The van der Waals surface area contributed by atoms with Crippen molar-refractivity contribution in [3.63, 3.8) is 0 Å². The quantitative estimate of drug-likeness (QED) is 0.402. The number of nitrogens with zero attached hydrogens (tertiary/aromatic N) is 1. The normalized spacial score (nSPS) is 11.6. The van der Waals surface area contributed by atoms with Crippen molar-refractivity contribution >= 4 is 34.9 Å². The monoisotopic (exact) mass is 455 g/mol. The molecule has 3 aromatic rings. The third-order valence-corrected chi connectivity index (χ3v) is 6.56. The van der Waals surface area contributed by atoms with Crippen LogP contribution in [0.2, 0.25) is 0 Å². The molecule has 2 amide bonds. The molecule has 0 fully saturated rings. The van der Waals surface area contributed by atoms with Crippen molar-refractivity contribution in [2.45, 2.75) is 44.4 Å². The van der Waals surface area contributed by atoms with Crippen LogP contribution in [0.4, 0.5) is 0 Å². The van der Waals surface area contributed by atoms with Crippen molar-refractivity contribution in [1.29, 1.82) is 0 Å². The van der Waals surface area contributed by atoms with Crippen molar-refractivity contribution in [1.82, 2.24) is 15.8 Å². The molecule has 0 aliphatic heterocycles. The van der Waals surface area contributed by atoms with Crippen LogP contribution in [0.5, 0.6) is 5.75 Å². The lowest BCUT2D eigenvalue weighted by Gasteiger charge is -2.17. The Bertz CT molecular complexity index is 1060. The summed E-state index contributed by atoms with van der Waals surface area (Å²) in [6.45, 7) is 7.55. The van der Waals surface area contributed by atoms with Gasteiger partial charge in [0.05, 0.1) is 10.7 Å². The molecule has 0 saturated heterocycles. The van der Waals surface area contributed by atoms with E-state index in [1.54, 1.807) is 42.2 Å². The number of carbonyl (C=O) groups excluding carboxylic acids is 2. The maximum absolute atomic E-state index is 12.3. The number of hydrazine groups is 1. The molecule has 8 heteroatoms. The molecular weight excluding hydrogens is 430 g/mol. The number of thiazole rings is 1. The van der Waals surface area contributed by atoms with Crippen molar-refractivity contribution in [3.8, 4) is 5.75 Å². The third kappa shape index (κ3) is 6.32. The van der Waals surface area contributed by atoms with E-state index in [0.29, 0.717) is 11.3 Å². The van der Waals surface area contributed by atoms with Gasteiger partial charge in [-0.1, -0.05) is 12.1 Å². The molecule has 0 radical (unpaired) electrons. The summed E-state index contributed by atoms with van der Waals surface area (Å²) in [5, 5.41) is 3.11. The Hall–Kier alpha value is -2.84. The van der Waals surface area contributed by atoms with Gasteiger partial charge in [0, 0.05) is 21.6 Å². The van der Waals surface area contributed by atoms with E-state index in [0.717, 1.165) is 32.5 Å². The second-order valence-electron chi connectivity index (χ2n) is 7.07. The molecule has 0 spiro atoms. The highest BCUT2D eigenvalue weighted by atomic mass is 32.2. The van der Waals surface area contributed by atoms with Gasteiger partial charge in [-0.2, -0.15) is 0 Å². The van der Waals surface area contributed by atoms with E-state index >= 15 is 0 Å². The minimum absolute atomic E-state index is 0.390. The minimum atomic E-state index is -0.756. The van der Waals surface area contributed by atoms with E-state index in [1.165, 1.54) is 0 Å². The van der Waals surface area contributed by atoms with Crippen LogP contribution >= 0.6 is 23.1 Å². The van der Waals surface area contributed by atoms with E-state index < -0.39 is 12.0 Å². The van der Waals surface area contributed by atoms with Crippen LogP contribution < -0.4 is 15.6 Å². The summed E-state index contributed by atoms with van der Waals surface area (Å²) in [5.41, 5.74) is 8.43. The molecule has 31 heavy (non-hydrogen) atoms. The lowest BCUT2D eigenvalue weighted by Crippen LogP contribution is -2.47. The summed E-state index contributed by atoms with van der Waals surface area (Å²) < 4.78 is 5.74. The second-order valence-corrected chi connectivity index (χ2v) is 9.18. The smallest absolute Gasteiger partial charge is 0.279 e. The predicted molar refractivity (Wildman–Crippen MR) is 124 cm³/mol. The molecule has 0 aliphatic carbocycles. The molecule has 0 saturated carbocycles. The lowest BCUT2D eigenvalue weighted by molar-refractivity contribution is -0.128. The Labute approximate surface area is 190 Å². The van der Waals surface area contributed by atoms with Crippen LogP contribution in [0.3, 0.4) is 0 Å². The molecule has 162 valence electrons. The molecule has 1 unspecified atom stereocenters. The highest BCUT2D eigenvalue weighted by molar-refractivity contribution is 7.98. The average molecular weight is 456 g/mol. The predicted octanol–water partition coefficient (Wildman–Crippen LogP) is 4.59. The van der Waals surface area contributed by atoms with Gasteiger partial charge in [0.25, 0.3) is 11.8 Å². The van der Waals surface area contributed by atoms with Crippen molar-refractivity contribution in [2.75, 3.05) is 0 Å². The van der Waals surface area contributed by atoms with E-state index in [4.69, 9.17) is 4.74 Å². The molecule has 3 rings (SSSR count). The van der Waals surface area contributed by atoms with E-state index in [1.807, 2.05) is 51.1 Å². The first-order valence-corrected chi connectivity index (χ1v) is 11.7. The number of aryl methyl sites for hydroxylation is 2. The maximum Gasteiger partial charge on any atom is 0.279 e. The van der Waals surface area contributed by atoms with Crippen LogP contribution in [-0.4, -0.2) is 22.9 Å². The van der Waals surface area contributed by atoms with Crippen molar-refractivity contribution < 1.29 is 14.3 Å². The summed E-state index contributed by atoms with van der Waals surface area (Å²) in [6, 6.07) is 12.9. The van der Waals surface area contributed by atoms with Gasteiger partial charge in [-0.3, -0.25) is 20.4 Å². The number of amides is 2. The van der Waals surface area contributed by atoms with E-state index in [9.17, 15) is 9.59 Å². The van der Waals surface area contributed by atoms with E-state index in [2.05, 4.69) is 21.2 Å². The molecular formula is C23H25N3O3S2. The molecule has 6 nitrogen and oxygen atoms in total. The van der Waals surface area contributed by atoms with Crippen molar-refractivity contribution in [3.05, 3.63) is 75.2 Å². The first kappa shape index (κ1) is 22.8. The Morgan fingerprint density at radius 2 is 1.84 bits per heavy atom. The van der Waals surface area contributed by atoms with Gasteiger partial charge >= 0.3 is 0 Å². The topological polar surface area (TPSA) is 80.3 Å². The van der Waals surface area contributed by atoms with Gasteiger partial charge < -0.3 is 4.74 Å². The number of aromatic nitrogens is 1. The zero-order chi connectivity index (χ0) is 22.4. The fourth-order valence-electron chi connectivity index (χ4n) is 2.72. The van der Waals surface area contributed by atoms with Crippen LogP contribution in [0.1, 0.15) is 39.1 Å². The highest BCUT2D eigenvalue weighted by Crippen LogP contribution is 2.24. The molecule has 1 aromatic heterocycles. The average Bonchev–Trinajstić information content (AvgIpc) is 3.19. The minimum Gasteiger partial charge on any atom is -0.481 e. The van der Waals surface area contributed by atoms with Gasteiger partial charge in [0.15, 0.2) is 6.10 Å². The summed E-state index contributed by atoms with van der Waals surface area (Å²) in [7, 11) is 0. The van der Waals surface area contributed by atoms with Gasteiger partial charge in [-0.05, 0) is 69.2 Å². The number of benzene rings is 2. The van der Waals surface area contributed by atoms with Gasteiger partial charge in [-0.25, -0.2) is 4.98 Å². The number of ether oxygens (including phenoxy) is 1. The molecule has 0 bridgehead atoms. The summed E-state index contributed by atoms with van der Waals surface area (Å²) in [5.74, 6) is 0.610.